The highest BCUT2D eigenvalue weighted by molar-refractivity contribution is 8.10. The zero-order valence-electron chi connectivity index (χ0n) is 14.4. The van der Waals surface area contributed by atoms with Crippen molar-refractivity contribution in [1.82, 2.24) is 15.0 Å². The minimum Gasteiger partial charge on any atom is -0.492 e. The molecule has 6 nitrogen and oxygen atoms in total. The van der Waals surface area contributed by atoms with E-state index in [0.29, 0.717) is 24.1 Å². The molecule has 26 heavy (non-hydrogen) atoms. The number of nitrogens with one attached hydrogen (secondary N) is 1. The first-order chi connectivity index (χ1) is 12.7. The molecule has 0 aliphatic carbocycles. The van der Waals surface area contributed by atoms with E-state index in [-0.39, 0.29) is 0 Å². The number of aromatic nitrogens is 3. The van der Waals surface area contributed by atoms with Crippen molar-refractivity contribution in [2.45, 2.75) is 12.2 Å². The van der Waals surface area contributed by atoms with Crippen molar-refractivity contribution in [2.24, 2.45) is 0 Å². The molecule has 1 unspecified atom stereocenters. The third-order valence-electron chi connectivity index (χ3n) is 4.12. The van der Waals surface area contributed by atoms with E-state index in [1.165, 1.54) is 11.9 Å². The summed E-state index contributed by atoms with van der Waals surface area (Å²) in [4.78, 5) is 13.1. The Morgan fingerprint density at radius 1 is 1.19 bits per heavy atom. The van der Waals surface area contributed by atoms with Gasteiger partial charge in [-0.1, -0.05) is 24.3 Å². The van der Waals surface area contributed by atoms with Crippen molar-refractivity contribution in [2.75, 3.05) is 18.2 Å². The number of thiol groups is 1. The van der Waals surface area contributed by atoms with Crippen molar-refractivity contribution in [3.05, 3.63) is 59.9 Å². The molecule has 0 spiro atoms. The van der Waals surface area contributed by atoms with E-state index >= 15 is 0 Å². The fourth-order valence-electron chi connectivity index (χ4n) is 3.02. The smallest absolute Gasteiger partial charge is 0.230 e. The molecular formula is C19H20N4O2S. The Labute approximate surface area is 154 Å². The summed E-state index contributed by atoms with van der Waals surface area (Å²) >= 11 is -0.970. The number of hydrogen-bond acceptors (Lipinski definition) is 6. The van der Waals surface area contributed by atoms with Gasteiger partial charge in [0.05, 0.1) is 12.2 Å². The van der Waals surface area contributed by atoms with Crippen LogP contribution < -0.4 is 10.1 Å². The molecule has 134 valence electrons. The predicted molar refractivity (Wildman–Crippen MR) is 105 cm³/mol. The number of ether oxygens (including phenoxy) is 1. The minimum atomic E-state index is -0.970. The van der Waals surface area contributed by atoms with Gasteiger partial charge in [-0.05, 0) is 35.6 Å². The highest BCUT2D eigenvalue weighted by Gasteiger charge is 2.18. The molecule has 1 aromatic heterocycles. The second kappa shape index (κ2) is 7.31. The molecule has 0 bridgehead atoms. The Kier molecular flexibility index (Phi) is 4.73. The van der Waals surface area contributed by atoms with Gasteiger partial charge in [0.25, 0.3) is 0 Å². The van der Waals surface area contributed by atoms with Crippen molar-refractivity contribution in [3.63, 3.8) is 0 Å². The van der Waals surface area contributed by atoms with Crippen LogP contribution in [0.15, 0.2) is 48.8 Å². The van der Waals surface area contributed by atoms with Crippen LogP contribution in [0.2, 0.25) is 0 Å². The largest absolute Gasteiger partial charge is 0.492 e. The summed E-state index contributed by atoms with van der Waals surface area (Å²) in [6.07, 6.45) is 4.26. The standard InChI is InChI=1S/C19H20N4O2S/c1-26(24)11-13-4-2-6-15(10-13)22-19-21-12-20-18(23-19)16-7-3-5-14-8-9-25-17(14)16/h2-7,10,12,24,26H,8-9,11H2,1H3,(H,20,21,22,23). The van der Waals surface area contributed by atoms with Crippen molar-refractivity contribution >= 4 is 22.8 Å². The van der Waals surface area contributed by atoms with Crippen LogP contribution in [0.4, 0.5) is 11.6 Å². The number of anilines is 2. The van der Waals surface area contributed by atoms with E-state index in [2.05, 4.69) is 26.3 Å². The van der Waals surface area contributed by atoms with E-state index < -0.39 is 11.2 Å². The summed E-state index contributed by atoms with van der Waals surface area (Å²) in [6, 6.07) is 13.9. The van der Waals surface area contributed by atoms with E-state index in [4.69, 9.17) is 4.74 Å². The maximum atomic E-state index is 9.63. The number of rotatable bonds is 5. The first kappa shape index (κ1) is 16.8. The van der Waals surface area contributed by atoms with Crippen molar-refractivity contribution in [3.8, 4) is 17.1 Å². The molecule has 3 aromatic rings. The summed E-state index contributed by atoms with van der Waals surface area (Å²) in [6.45, 7) is 0.695. The summed E-state index contributed by atoms with van der Waals surface area (Å²) in [5.74, 6) is 2.60. The molecule has 1 aliphatic heterocycles. The van der Waals surface area contributed by atoms with E-state index in [0.717, 1.165) is 29.0 Å². The fourth-order valence-corrected chi connectivity index (χ4v) is 3.74. The lowest BCUT2D eigenvalue weighted by Crippen LogP contribution is -2.01. The van der Waals surface area contributed by atoms with Crippen LogP contribution >= 0.6 is 11.2 Å². The topological polar surface area (TPSA) is 80.2 Å². The van der Waals surface area contributed by atoms with Gasteiger partial charge in [0.15, 0.2) is 5.82 Å². The molecule has 2 N–H and O–H groups in total. The maximum absolute atomic E-state index is 9.63. The third-order valence-corrected chi connectivity index (χ3v) is 4.94. The van der Waals surface area contributed by atoms with Crippen LogP contribution in [0, 0.1) is 0 Å². The molecular weight excluding hydrogens is 348 g/mol. The number of hydrogen-bond donors (Lipinski definition) is 3. The molecule has 4 rings (SSSR count). The molecule has 1 aliphatic rings. The van der Waals surface area contributed by atoms with Crippen LogP contribution in [0.25, 0.3) is 11.4 Å². The lowest BCUT2D eigenvalue weighted by molar-refractivity contribution is 0.358. The Morgan fingerprint density at radius 3 is 2.96 bits per heavy atom. The number of fused-ring (bicyclic) bond motifs is 1. The lowest BCUT2D eigenvalue weighted by atomic mass is 10.1. The second-order valence-corrected chi connectivity index (χ2v) is 7.80. The van der Waals surface area contributed by atoms with Crippen molar-refractivity contribution < 1.29 is 9.29 Å². The molecule has 0 amide bonds. The fraction of sp³-hybridized carbons (Fsp3) is 0.211. The van der Waals surface area contributed by atoms with Gasteiger partial charge in [0.1, 0.15) is 12.1 Å². The van der Waals surface area contributed by atoms with Gasteiger partial charge in [-0.2, -0.15) is 4.98 Å². The SMILES string of the molecule is C[SH](O)Cc1cccc(Nc2ncnc(-c3cccc4c3OCC4)n2)c1. The van der Waals surface area contributed by atoms with Gasteiger partial charge in [0.2, 0.25) is 5.95 Å². The van der Waals surface area contributed by atoms with Crippen LogP contribution in [-0.4, -0.2) is 32.4 Å². The third kappa shape index (κ3) is 3.63. The Hall–Kier alpha value is -2.64. The van der Waals surface area contributed by atoms with Crippen LogP contribution in [0.5, 0.6) is 5.75 Å². The molecule has 0 saturated heterocycles. The van der Waals surface area contributed by atoms with Crippen LogP contribution in [0.1, 0.15) is 11.1 Å². The molecule has 2 aromatic carbocycles. The molecule has 1 atom stereocenters. The molecule has 0 fully saturated rings. The van der Waals surface area contributed by atoms with E-state index in [1.807, 2.05) is 42.7 Å². The zero-order chi connectivity index (χ0) is 17.9. The first-order valence-electron chi connectivity index (χ1n) is 8.39. The molecule has 7 heteroatoms. The van der Waals surface area contributed by atoms with Gasteiger partial charge in [0, 0.05) is 17.9 Å². The Balaban J connectivity index is 1.60. The van der Waals surface area contributed by atoms with E-state index in [9.17, 15) is 4.55 Å². The predicted octanol–water partition coefficient (Wildman–Crippen LogP) is 3.82. The van der Waals surface area contributed by atoms with Gasteiger partial charge >= 0.3 is 0 Å². The number of benzene rings is 2. The molecule has 0 saturated carbocycles. The van der Waals surface area contributed by atoms with E-state index in [1.54, 1.807) is 0 Å². The Morgan fingerprint density at radius 2 is 2.08 bits per heavy atom. The van der Waals surface area contributed by atoms with Crippen LogP contribution in [-0.2, 0) is 12.2 Å². The quantitative estimate of drug-likeness (QED) is 0.594. The Bertz CT molecular complexity index is 933. The van der Waals surface area contributed by atoms with Gasteiger partial charge in [-0.3, -0.25) is 0 Å². The highest BCUT2D eigenvalue weighted by Crippen LogP contribution is 2.35. The number of nitrogens with zero attached hydrogens (tertiary/aromatic N) is 3. The van der Waals surface area contributed by atoms with Gasteiger partial charge in [-0.25, -0.2) is 9.97 Å². The average molecular weight is 368 g/mol. The normalized spacial score (nSPS) is 14.5. The van der Waals surface area contributed by atoms with Crippen molar-refractivity contribution in [1.29, 1.82) is 0 Å². The molecule has 2 heterocycles. The summed E-state index contributed by atoms with van der Waals surface area (Å²) in [7, 11) is 0. The summed E-state index contributed by atoms with van der Waals surface area (Å²) in [5, 5.41) is 3.22. The highest BCUT2D eigenvalue weighted by atomic mass is 32.2. The average Bonchev–Trinajstić information content (AvgIpc) is 3.10. The zero-order valence-corrected chi connectivity index (χ0v) is 15.3. The summed E-state index contributed by atoms with van der Waals surface area (Å²) in [5.41, 5.74) is 4.03. The molecule has 0 radical (unpaired) electrons. The monoisotopic (exact) mass is 368 g/mol. The van der Waals surface area contributed by atoms with Gasteiger partial charge < -0.3 is 14.6 Å². The minimum absolute atomic E-state index is 0.477. The first-order valence-corrected chi connectivity index (χ1v) is 10.3. The summed E-state index contributed by atoms with van der Waals surface area (Å²) < 4.78 is 15.4. The lowest BCUT2D eigenvalue weighted by Gasteiger charge is -2.11. The number of para-hydroxylation sites is 1. The van der Waals surface area contributed by atoms with Gasteiger partial charge in [-0.15, -0.1) is 11.2 Å². The second-order valence-electron chi connectivity index (χ2n) is 6.17. The van der Waals surface area contributed by atoms with Crippen LogP contribution in [0.3, 0.4) is 0 Å². The maximum Gasteiger partial charge on any atom is 0.230 e.